The zero-order chi connectivity index (χ0) is 22.8. The number of aromatic nitrogens is 3. The predicted molar refractivity (Wildman–Crippen MR) is 127 cm³/mol. The van der Waals surface area contributed by atoms with Gasteiger partial charge in [-0.2, -0.15) is 0 Å². The first-order valence-corrected chi connectivity index (χ1v) is 10.5. The molecule has 0 aliphatic carbocycles. The average molecular weight is 430 g/mol. The molecule has 7 heteroatoms. The molecule has 0 amide bonds. The van der Waals surface area contributed by atoms with Crippen LogP contribution in [-0.2, 0) is 6.54 Å². The number of pyridine rings is 1. The Morgan fingerprint density at radius 3 is 2.53 bits per heavy atom. The molecule has 0 radical (unpaired) electrons. The van der Waals surface area contributed by atoms with E-state index in [0.717, 1.165) is 27.8 Å². The van der Waals surface area contributed by atoms with Gasteiger partial charge in [0.25, 0.3) is 5.56 Å². The van der Waals surface area contributed by atoms with Gasteiger partial charge in [-0.3, -0.25) is 9.36 Å². The number of fused-ring (bicyclic) bond motifs is 1. The molecule has 0 spiro atoms. The van der Waals surface area contributed by atoms with Crippen LogP contribution in [0.1, 0.15) is 16.7 Å². The topological polar surface area (TPSA) is 97.3 Å². The molecule has 164 valence electrons. The lowest BCUT2D eigenvalue weighted by atomic mass is 9.96. The summed E-state index contributed by atoms with van der Waals surface area (Å²) in [5.41, 5.74) is 11.6. The number of nitrogens with zero attached hydrogens (tertiary/aromatic N) is 4. The lowest BCUT2D eigenvalue weighted by molar-refractivity contribution is 0.338. The Hall–Kier alpha value is -3.55. The van der Waals surface area contributed by atoms with Gasteiger partial charge in [0.05, 0.1) is 11.1 Å². The van der Waals surface area contributed by atoms with Gasteiger partial charge in [0, 0.05) is 37.5 Å². The summed E-state index contributed by atoms with van der Waals surface area (Å²) in [5.74, 6) is 0.0829. The van der Waals surface area contributed by atoms with Gasteiger partial charge in [-0.05, 0) is 44.2 Å². The number of phenolic OH excluding ortho intramolecular Hbond substituents is 1. The first-order chi connectivity index (χ1) is 15.4. The van der Waals surface area contributed by atoms with E-state index in [-0.39, 0.29) is 11.3 Å². The van der Waals surface area contributed by atoms with Crippen molar-refractivity contribution in [3.8, 4) is 22.6 Å². The summed E-state index contributed by atoms with van der Waals surface area (Å²) in [5, 5.41) is 10.4. The number of hydrogen-bond donors (Lipinski definition) is 2. The Bertz CT molecular complexity index is 1330. The summed E-state index contributed by atoms with van der Waals surface area (Å²) in [4.78, 5) is 24.8. The summed E-state index contributed by atoms with van der Waals surface area (Å²) in [6.45, 7) is 5.85. The monoisotopic (exact) mass is 429 g/mol. The Kier molecular flexibility index (Phi) is 6.03. The van der Waals surface area contributed by atoms with Crippen molar-refractivity contribution in [3.63, 3.8) is 0 Å². The molecule has 0 aliphatic heterocycles. The molecule has 2 aromatic heterocycles. The van der Waals surface area contributed by atoms with Gasteiger partial charge < -0.3 is 15.7 Å². The fourth-order valence-corrected chi connectivity index (χ4v) is 4.09. The maximum Gasteiger partial charge on any atom is 0.267 e. The predicted octanol–water partition coefficient (Wildman–Crippen LogP) is 3.16. The molecule has 3 N–H and O–H groups in total. The maximum absolute atomic E-state index is 13.7. The zero-order valence-electron chi connectivity index (χ0n) is 18.5. The van der Waals surface area contributed by atoms with E-state index in [1.165, 1.54) is 17.0 Å². The quantitative estimate of drug-likeness (QED) is 0.489. The highest BCUT2D eigenvalue weighted by atomic mass is 16.3. The highest BCUT2D eigenvalue weighted by Crippen LogP contribution is 2.29. The number of nitrogens with two attached hydrogens (primary N) is 1. The van der Waals surface area contributed by atoms with Gasteiger partial charge in [0.15, 0.2) is 5.65 Å². The second-order valence-electron chi connectivity index (χ2n) is 8.19. The average Bonchev–Trinajstić information content (AvgIpc) is 2.73. The Labute approximate surface area is 186 Å². The van der Waals surface area contributed by atoms with Gasteiger partial charge >= 0.3 is 0 Å². The molecule has 4 aromatic rings. The standard InChI is InChI=1S/C25H27N5O2/c1-16-9-17(2)11-18(10-16)21-13-27-24-23(22(21)14-29(3)8-7-26)25(32)30(15-28-24)19-5-4-6-20(31)12-19/h4-6,9-13,15,31H,7-8,14,26H2,1-3H3. The molecular weight excluding hydrogens is 402 g/mol. The van der Waals surface area contributed by atoms with Crippen LogP contribution in [0.5, 0.6) is 5.75 Å². The molecule has 7 nitrogen and oxygen atoms in total. The van der Waals surface area contributed by atoms with Gasteiger partial charge in [0.2, 0.25) is 0 Å². The molecule has 0 atom stereocenters. The Balaban J connectivity index is 2.02. The van der Waals surface area contributed by atoms with Crippen molar-refractivity contribution in [3.05, 3.63) is 82.0 Å². The third kappa shape index (κ3) is 4.26. The van der Waals surface area contributed by atoms with E-state index in [9.17, 15) is 9.90 Å². The summed E-state index contributed by atoms with van der Waals surface area (Å²) in [6, 6.07) is 12.9. The van der Waals surface area contributed by atoms with Crippen molar-refractivity contribution in [2.75, 3.05) is 20.1 Å². The normalized spacial score (nSPS) is 11.4. The lowest BCUT2D eigenvalue weighted by Gasteiger charge is -2.20. The molecule has 0 bridgehead atoms. The van der Waals surface area contributed by atoms with Crippen molar-refractivity contribution in [1.82, 2.24) is 19.4 Å². The van der Waals surface area contributed by atoms with Crippen LogP contribution in [-0.4, -0.2) is 44.7 Å². The first-order valence-electron chi connectivity index (χ1n) is 10.5. The molecule has 32 heavy (non-hydrogen) atoms. The van der Waals surface area contributed by atoms with E-state index in [4.69, 9.17) is 5.73 Å². The number of likely N-dealkylation sites (N-methyl/N-ethyl adjacent to an activating group) is 1. The molecular formula is C25H27N5O2. The highest BCUT2D eigenvalue weighted by Gasteiger charge is 2.18. The van der Waals surface area contributed by atoms with Crippen molar-refractivity contribution in [2.45, 2.75) is 20.4 Å². The summed E-state index contributed by atoms with van der Waals surface area (Å²) >= 11 is 0. The van der Waals surface area contributed by atoms with Crippen molar-refractivity contribution in [2.24, 2.45) is 5.73 Å². The van der Waals surface area contributed by atoms with E-state index in [0.29, 0.717) is 36.4 Å². The van der Waals surface area contributed by atoms with E-state index in [1.54, 1.807) is 24.4 Å². The summed E-state index contributed by atoms with van der Waals surface area (Å²) < 4.78 is 1.45. The maximum atomic E-state index is 13.7. The van der Waals surface area contributed by atoms with Crippen LogP contribution in [0.2, 0.25) is 0 Å². The van der Waals surface area contributed by atoms with Gasteiger partial charge in [-0.1, -0.05) is 35.4 Å². The van der Waals surface area contributed by atoms with Crippen LogP contribution in [0.25, 0.3) is 27.8 Å². The number of phenols is 1. The molecule has 2 aromatic carbocycles. The number of aromatic hydroxyl groups is 1. The largest absolute Gasteiger partial charge is 0.508 e. The fourth-order valence-electron chi connectivity index (χ4n) is 4.09. The van der Waals surface area contributed by atoms with E-state index in [2.05, 4.69) is 46.9 Å². The van der Waals surface area contributed by atoms with Crippen molar-refractivity contribution in [1.29, 1.82) is 0 Å². The molecule has 0 aliphatic rings. The van der Waals surface area contributed by atoms with Crippen LogP contribution in [0, 0.1) is 13.8 Å². The van der Waals surface area contributed by atoms with E-state index < -0.39 is 0 Å². The molecule has 4 rings (SSSR count). The molecule has 2 heterocycles. The summed E-state index contributed by atoms with van der Waals surface area (Å²) in [7, 11) is 1.98. The van der Waals surface area contributed by atoms with Crippen LogP contribution < -0.4 is 11.3 Å². The second-order valence-corrected chi connectivity index (χ2v) is 8.19. The number of rotatable bonds is 6. The van der Waals surface area contributed by atoms with Crippen LogP contribution in [0.3, 0.4) is 0 Å². The van der Waals surface area contributed by atoms with Gasteiger partial charge in [0.1, 0.15) is 12.1 Å². The smallest absolute Gasteiger partial charge is 0.267 e. The molecule has 0 unspecified atom stereocenters. The minimum atomic E-state index is -0.226. The molecule has 0 fully saturated rings. The van der Waals surface area contributed by atoms with Crippen LogP contribution in [0.4, 0.5) is 0 Å². The number of benzene rings is 2. The summed E-state index contributed by atoms with van der Waals surface area (Å²) in [6.07, 6.45) is 3.25. The fraction of sp³-hybridized carbons (Fsp3) is 0.240. The SMILES string of the molecule is Cc1cc(C)cc(-c2cnc3ncn(-c4cccc(O)c4)c(=O)c3c2CN(C)CCN)c1. The van der Waals surface area contributed by atoms with Crippen LogP contribution >= 0.6 is 0 Å². The number of hydrogen-bond acceptors (Lipinski definition) is 6. The van der Waals surface area contributed by atoms with Crippen LogP contribution in [0.15, 0.2) is 59.8 Å². The highest BCUT2D eigenvalue weighted by molar-refractivity contribution is 5.86. The van der Waals surface area contributed by atoms with Gasteiger partial charge in [-0.15, -0.1) is 0 Å². The Morgan fingerprint density at radius 2 is 1.84 bits per heavy atom. The second kappa shape index (κ2) is 8.90. The zero-order valence-corrected chi connectivity index (χ0v) is 18.5. The number of aryl methyl sites for hydroxylation is 2. The van der Waals surface area contributed by atoms with Gasteiger partial charge in [-0.25, -0.2) is 9.97 Å². The third-order valence-electron chi connectivity index (χ3n) is 5.47. The third-order valence-corrected chi connectivity index (χ3v) is 5.47. The first kappa shape index (κ1) is 21.7. The lowest BCUT2D eigenvalue weighted by Crippen LogP contribution is -2.27. The Morgan fingerprint density at radius 1 is 1.09 bits per heavy atom. The minimum absolute atomic E-state index is 0.0829. The van der Waals surface area contributed by atoms with Crippen molar-refractivity contribution < 1.29 is 5.11 Å². The van der Waals surface area contributed by atoms with Crippen molar-refractivity contribution >= 4 is 11.0 Å². The minimum Gasteiger partial charge on any atom is -0.508 e. The van der Waals surface area contributed by atoms with E-state index >= 15 is 0 Å². The van der Waals surface area contributed by atoms with E-state index in [1.807, 2.05) is 7.05 Å². The molecule has 0 saturated carbocycles. The molecule has 0 saturated heterocycles.